The molecule has 1 heterocycles. The van der Waals surface area contributed by atoms with E-state index in [-0.39, 0.29) is 0 Å². The Morgan fingerprint density at radius 3 is 2.67 bits per heavy atom. The quantitative estimate of drug-likeness (QED) is 0.648. The summed E-state index contributed by atoms with van der Waals surface area (Å²) in [5.41, 5.74) is 6.54. The van der Waals surface area contributed by atoms with Crippen molar-refractivity contribution >= 4 is 5.76 Å². The number of nitrogens with one attached hydrogen (secondary N) is 2. The minimum Gasteiger partial charge on any atom is -0.394 e. The van der Waals surface area contributed by atoms with E-state index in [1.807, 2.05) is 36.4 Å². The van der Waals surface area contributed by atoms with Crippen molar-refractivity contribution in [3.05, 3.63) is 42.0 Å². The molecule has 0 saturated heterocycles. The van der Waals surface area contributed by atoms with Gasteiger partial charge in [0.2, 0.25) is 0 Å². The van der Waals surface area contributed by atoms with Gasteiger partial charge in [0.15, 0.2) is 5.76 Å². The molecule has 0 amide bonds. The first-order chi connectivity index (χ1) is 5.97. The first kappa shape index (κ1) is 7.34. The summed E-state index contributed by atoms with van der Waals surface area (Å²) in [5, 5.41) is 0. The van der Waals surface area contributed by atoms with Crippen LogP contribution in [0.15, 0.2) is 36.4 Å². The Morgan fingerprint density at radius 1 is 1.17 bits per heavy atom. The second-order valence-electron chi connectivity index (χ2n) is 2.52. The molecule has 2 N–H and O–H groups in total. The van der Waals surface area contributed by atoms with Crippen LogP contribution in [0.4, 0.5) is 0 Å². The zero-order valence-corrected chi connectivity index (χ0v) is 6.58. The fourth-order valence-electron chi connectivity index (χ4n) is 1.10. The van der Waals surface area contributed by atoms with Crippen LogP contribution >= 0.6 is 0 Å². The van der Waals surface area contributed by atoms with Gasteiger partial charge in [-0.15, -0.1) is 0 Å². The Balaban J connectivity index is 2.24. The lowest BCUT2D eigenvalue weighted by Crippen LogP contribution is -2.35. The third kappa shape index (κ3) is 1.47. The molecule has 0 radical (unpaired) electrons. The summed E-state index contributed by atoms with van der Waals surface area (Å²) in [6, 6.07) is 9.99. The van der Waals surface area contributed by atoms with Crippen LogP contribution in [0, 0.1) is 0 Å². The van der Waals surface area contributed by atoms with Gasteiger partial charge >= 0.3 is 0 Å². The summed E-state index contributed by atoms with van der Waals surface area (Å²) in [5.74, 6) is 0.870. The highest BCUT2D eigenvalue weighted by molar-refractivity contribution is 5.59. The van der Waals surface area contributed by atoms with Gasteiger partial charge in [-0.05, 0) is 6.08 Å². The van der Waals surface area contributed by atoms with Crippen molar-refractivity contribution in [1.82, 2.24) is 11.0 Å². The van der Waals surface area contributed by atoms with Crippen molar-refractivity contribution in [3.8, 4) is 0 Å². The fraction of sp³-hybridized carbons (Fsp3) is 0.111. The van der Waals surface area contributed by atoms with Crippen molar-refractivity contribution < 1.29 is 4.84 Å². The number of rotatable bonds is 1. The molecular weight excluding hydrogens is 152 g/mol. The molecule has 2 rings (SSSR count). The lowest BCUT2D eigenvalue weighted by Gasteiger charge is -2.15. The number of hydrogen-bond donors (Lipinski definition) is 2. The van der Waals surface area contributed by atoms with Crippen LogP contribution in [-0.4, -0.2) is 6.54 Å². The summed E-state index contributed by atoms with van der Waals surface area (Å²) >= 11 is 0. The molecule has 0 saturated carbocycles. The Bertz CT molecular complexity index is 282. The maximum absolute atomic E-state index is 5.16. The maximum atomic E-state index is 5.16. The highest BCUT2D eigenvalue weighted by Crippen LogP contribution is 2.14. The lowest BCUT2D eigenvalue weighted by atomic mass is 10.2. The molecule has 0 unspecified atom stereocenters. The van der Waals surface area contributed by atoms with Crippen LogP contribution in [0.1, 0.15) is 5.56 Å². The minimum atomic E-state index is 0.782. The van der Waals surface area contributed by atoms with Crippen LogP contribution in [0.5, 0.6) is 0 Å². The topological polar surface area (TPSA) is 33.3 Å². The lowest BCUT2D eigenvalue weighted by molar-refractivity contribution is 0.108. The Labute approximate surface area is 71.0 Å². The van der Waals surface area contributed by atoms with E-state index in [9.17, 15) is 0 Å². The second kappa shape index (κ2) is 3.38. The third-order valence-electron chi connectivity index (χ3n) is 1.68. The molecule has 1 aromatic rings. The van der Waals surface area contributed by atoms with Gasteiger partial charge in [0.05, 0.1) is 0 Å². The number of hydrazine groups is 1. The van der Waals surface area contributed by atoms with Crippen molar-refractivity contribution in [2.24, 2.45) is 0 Å². The molecule has 0 bridgehead atoms. The van der Waals surface area contributed by atoms with E-state index >= 15 is 0 Å². The normalized spacial score (nSPS) is 16.5. The van der Waals surface area contributed by atoms with Gasteiger partial charge in [-0.25, -0.2) is 5.43 Å². The van der Waals surface area contributed by atoms with Gasteiger partial charge in [0, 0.05) is 12.1 Å². The molecular formula is C9H10N2O. The monoisotopic (exact) mass is 162 g/mol. The average Bonchev–Trinajstić information content (AvgIpc) is 2.21. The first-order valence-electron chi connectivity index (χ1n) is 3.87. The SMILES string of the molecule is C1=C(c2ccccc2)ONNC1. The molecule has 1 aromatic carbocycles. The van der Waals surface area contributed by atoms with Gasteiger partial charge < -0.3 is 4.84 Å². The standard InChI is InChI=1S/C9H10N2O/c1-2-4-8(5-3-1)9-6-7-10-11-12-9/h1-6,10-11H,7H2. The molecule has 0 atom stereocenters. The predicted molar refractivity (Wildman–Crippen MR) is 46.6 cm³/mol. The number of benzene rings is 1. The van der Waals surface area contributed by atoms with E-state index in [0.717, 1.165) is 17.9 Å². The van der Waals surface area contributed by atoms with Crippen LogP contribution in [0.3, 0.4) is 0 Å². The third-order valence-corrected chi connectivity index (χ3v) is 1.68. The van der Waals surface area contributed by atoms with Crippen LogP contribution < -0.4 is 11.0 Å². The molecule has 1 aliphatic rings. The molecule has 0 fully saturated rings. The van der Waals surface area contributed by atoms with Crippen LogP contribution in [0.2, 0.25) is 0 Å². The Morgan fingerprint density at radius 2 is 2.00 bits per heavy atom. The van der Waals surface area contributed by atoms with Crippen LogP contribution in [0.25, 0.3) is 5.76 Å². The summed E-state index contributed by atoms with van der Waals surface area (Å²) in [6.45, 7) is 0.782. The van der Waals surface area contributed by atoms with E-state index in [1.165, 1.54) is 0 Å². The van der Waals surface area contributed by atoms with Crippen molar-refractivity contribution in [2.45, 2.75) is 0 Å². The van der Waals surface area contributed by atoms with Crippen molar-refractivity contribution in [1.29, 1.82) is 0 Å². The van der Waals surface area contributed by atoms with Gasteiger partial charge in [0.1, 0.15) is 0 Å². The van der Waals surface area contributed by atoms with E-state index in [4.69, 9.17) is 4.84 Å². The Hall–Kier alpha value is -1.32. The average molecular weight is 162 g/mol. The highest BCUT2D eigenvalue weighted by Gasteiger charge is 2.04. The summed E-state index contributed by atoms with van der Waals surface area (Å²) in [6.07, 6.45) is 1.99. The fourth-order valence-corrected chi connectivity index (χ4v) is 1.10. The van der Waals surface area contributed by atoms with Gasteiger partial charge in [-0.3, -0.25) is 0 Å². The van der Waals surface area contributed by atoms with Crippen LogP contribution in [-0.2, 0) is 4.84 Å². The zero-order valence-electron chi connectivity index (χ0n) is 6.58. The highest BCUT2D eigenvalue weighted by atomic mass is 16.7. The second-order valence-corrected chi connectivity index (χ2v) is 2.52. The molecule has 0 spiro atoms. The smallest absolute Gasteiger partial charge is 0.153 e. The molecule has 3 nitrogen and oxygen atoms in total. The molecule has 3 heteroatoms. The Kier molecular flexibility index (Phi) is 2.07. The van der Waals surface area contributed by atoms with Crippen molar-refractivity contribution in [3.63, 3.8) is 0 Å². The van der Waals surface area contributed by atoms with Gasteiger partial charge in [-0.2, -0.15) is 0 Å². The molecule has 0 aromatic heterocycles. The van der Waals surface area contributed by atoms with E-state index in [0.29, 0.717) is 0 Å². The van der Waals surface area contributed by atoms with Crippen molar-refractivity contribution in [2.75, 3.05) is 6.54 Å². The first-order valence-corrected chi connectivity index (χ1v) is 3.87. The van der Waals surface area contributed by atoms with Gasteiger partial charge in [-0.1, -0.05) is 35.9 Å². The zero-order chi connectivity index (χ0) is 8.23. The summed E-state index contributed by atoms with van der Waals surface area (Å²) in [4.78, 5) is 5.16. The summed E-state index contributed by atoms with van der Waals surface area (Å²) in [7, 11) is 0. The predicted octanol–water partition coefficient (Wildman–Crippen LogP) is 1.07. The largest absolute Gasteiger partial charge is 0.394 e. The van der Waals surface area contributed by atoms with E-state index < -0.39 is 0 Å². The molecule has 62 valence electrons. The maximum Gasteiger partial charge on any atom is 0.153 e. The number of hydrogen-bond acceptors (Lipinski definition) is 3. The minimum absolute atomic E-state index is 0.782. The molecule has 12 heavy (non-hydrogen) atoms. The summed E-state index contributed by atoms with van der Waals surface area (Å²) < 4.78 is 0. The molecule has 1 aliphatic heterocycles. The van der Waals surface area contributed by atoms with Gasteiger partial charge in [0.25, 0.3) is 0 Å². The van der Waals surface area contributed by atoms with E-state index in [2.05, 4.69) is 11.0 Å². The molecule has 0 aliphatic carbocycles. The van der Waals surface area contributed by atoms with E-state index in [1.54, 1.807) is 0 Å².